The molecular weight excluding hydrogens is 235 g/mol. The maximum Gasteiger partial charge on any atom is 0.397 e. The van der Waals surface area contributed by atoms with Crippen LogP contribution in [0.1, 0.15) is 39.0 Å². The zero-order valence-electron chi connectivity index (χ0n) is 9.81. The minimum Gasteiger partial charge on any atom is -0.388 e. The fourth-order valence-electron chi connectivity index (χ4n) is 1.98. The maximum atomic E-state index is 11.9. The number of nitrogens with one attached hydrogen (secondary N) is 1. The highest BCUT2D eigenvalue weighted by Crippen LogP contribution is 2.31. The molecule has 0 saturated heterocycles. The van der Waals surface area contributed by atoms with E-state index in [1.807, 2.05) is 0 Å². The van der Waals surface area contributed by atoms with E-state index in [0.29, 0.717) is 18.8 Å². The molecule has 17 heavy (non-hydrogen) atoms. The summed E-state index contributed by atoms with van der Waals surface area (Å²) in [6.45, 7) is 1.98. The molecule has 6 heteroatoms. The van der Waals surface area contributed by atoms with Crippen molar-refractivity contribution in [2.24, 2.45) is 5.92 Å². The van der Waals surface area contributed by atoms with Gasteiger partial charge in [0.15, 0.2) is 0 Å². The van der Waals surface area contributed by atoms with Gasteiger partial charge in [-0.1, -0.05) is 6.92 Å². The molecule has 1 aliphatic rings. The van der Waals surface area contributed by atoms with Crippen molar-refractivity contribution in [3.8, 4) is 0 Å². The molecule has 2 N–H and O–H groups in total. The summed E-state index contributed by atoms with van der Waals surface area (Å²) in [5.41, 5.74) is -1.03. The van der Waals surface area contributed by atoms with Crippen LogP contribution in [-0.4, -0.2) is 29.3 Å². The fourth-order valence-corrected chi connectivity index (χ4v) is 1.98. The molecule has 1 saturated carbocycles. The number of carbonyl (C=O) groups excluding carboxylic acids is 1. The zero-order chi connectivity index (χ0) is 13.1. The number of rotatable bonds is 3. The third-order valence-corrected chi connectivity index (χ3v) is 3.18. The summed E-state index contributed by atoms with van der Waals surface area (Å²) in [7, 11) is 0. The van der Waals surface area contributed by atoms with Gasteiger partial charge in [0, 0.05) is 6.54 Å². The second kappa shape index (κ2) is 5.25. The minimum atomic E-state index is -4.49. The van der Waals surface area contributed by atoms with Crippen LogP contribution in [-0.2, 0) is 4.79 Å². The average molecular weight is 253 g/mol. The molecule has 1 amide bonds. The van der Waals surface area contributed by atoms with E-state index in [4.69, 9.17) is 0 Å². The summed E-state index contributed by atoms with van der Waals surface area (Å²) in [5.74, 6) is -0.550. The Bertz CT molecular complexity index is 270. The Morgan fingerprint density at radius 3 is 2.41 bits per heavy atom. The molecule has 1 fully saturated rings. The first-order valence-electron chi connectivity index (χ1n) is 5.76. The molecule has 0 aromatic rings. The number of aliphatic hydroxyl groups is 1. The van der Waals surface area contributed by atoms with Crippen molar-refractivity contribution in [3.05, 3.63) is 0 Å². The minimum absolute atomic E-state index is 0.0887. The highest BCUT2D eigenvalue weighted by Gasteiger charge is 2.34. The highest BCUT2D eigenvalue weighted by molar-refractivity contribution is 5.76. The topological polar surface area (TPSA) is 49.3 Å². The van der Waals surface area contributed by atoms with E-state index in [-0.39, 0.29) is 6.54 Å². The summed E-state index contributed by atoms with van der Waals surface area (Å²) in [5, 5.41) is 12.2. The third kappa shape index (κ3) is 5.39. The zero-order valence-corrected chi connectivity index (χ0v) is 9.81. The number of carbonyl (C=O) groups is 1. The van der Waals surface area contributed by atoms with Gasteiger partial charge in [-0.25, -0.2) is 0 Å². The number of amides is 1. The molecule has 0 radical (unpaired) electrons. The summed E-state index contributed by atoms with van der Waals surface area (Å²) in [6.07, 6.45) is -3.24. The van der Waals surface area contributed by atoms with Crippen LogP contribution in [0.15, 0.2) is 0 Å². The lowest BCUT2D eigenvalue weighted by atomic mass is 9.79. The monoisotopic (exact) mass is 253 g/mol. The summed E-state index contributed by atoms with van der Waals surface area (Å²) in [4.78, 5) is 11.0. The van der Waals surface area contributed by atoms with E-state index in [0.717, 1.165) is 12.8 Å². The van der Waals surface area contributed by atoms with Crippen molar-refractivity contribution in [3.63, 3.8) is 0 Å². The molecule has 0 aliphatic heterocycles. The first-order valence-corrected chi connectivity index (χ1v) is 5.76. The Balaban J connectivity index is 2.32. The smallest absolute Gasteiger partial charge is 0.388 e. The van der Waals surface area contributed by atoms with Crippen molar-refractivity contribution in [1.29, 1.82) is 0 Å². The molecule has 0 spiro atoms. The van der Waals surface area contributed by atoms with Gasteiger partial charge in [-0.05, 0) is 31.6 Å². The van der Waals surface area contributed by atoms with Gasteiger partial charge in [-0.2, -0.15) is 13.2 Å². The first kappa shape index (κ1) is 14.3. The maximum absolute atomic E-state index is 11.9. The molecule has 0 aromatic heterocycles. The van der Waals surface area contributed by atoms with E-state index in [1.165, 1.54) is 0 Å². The van der Waals surface area contributed by atoms with Crippen LogP contribution in [0, 0.1) is 5.92 Å². The molecule has 1 aliphatic carbocycles. The Morgan fingerprint density at radius 1 is 1.41 bits per heavy atom. The summed E-state index contributed by atoms with van der Waals surface area (Å²) < 4.78 is 35.7. The van der Waals surface area contributed by atoms with E-state index in [2.05, 4.69) is 12.2 Å². The lowest BCUT2D eigenvalue weighted by molar-refractivity contribution is -0.154. The van der Waals surface area contributed by atoms with Gasteiger partial charge < -0.3 is 10.4 Å². The van der Waals surface area contributed by atoms with Crippen LogP contribution in [0.3, 0.4) is 0 Å². The summed E-state index contributed by atoms with van der Waals surface area (Å²) >= 11 is 0. The van der Waals surface area contributed by atoms with Crippen molar-refractivity contribution in [2.75, 3.05) is 6.54 Å². The van der Waals surface area contributed by atoms with Crippen LogP contribution in [0.2, 0.25) is 0 Å². The molecule has 0 atom stereocenters. The number of hydrogen-bond acceptors (Lipinski definition) is 2. The quantitative estimate of drug-likeness (QED) is 0.808. The van der Waals surface area contributed by atoms with E-state index < -0.39 is 24.1 Å². The van der Waals surface area contributed by atoms with Gasteiger partial charge in [-0.15, -0.1) is 0 Å². The predicted octanol–water partition coefficient (Wildman–Crippen LogP) is 2.00. The van der Waals surface area contributed by atoms with Gasteiger partial charge in [0.2, 0.25) is 5.91 Å². The van der Waals surface area contributed by atoms with E-state index >= 15 is 0 Å². The molecule has 0 aromatic carbocycles. The van der Waals surface area contributed by atoms with E-state index in [9.17, 15) is 23.1 Å². The normalized spacial score (nSPS) is 30.1. The lowest BCUT2D eigenvalue weighted by Gasteiger charge is -2.34. The Hall–Kier alpha value is -0.780. The van der Waals surface area contributed by atoms with E-state index in [1.54, 1.807) is 0 Å². The third-order valence-electron chi connectivity index (χ3n) is 3.18. The van der Waals surface area contributed by atoms with Crippen LogP contribution < -0.4 is 5.32 Å². The molecular formula is C11H18F3NO2. The number of hydrogen-bond donors (Lipinski definition) is 2. The Morgan fingerprint density at radius 2 is 1.94 bits per heavy atom. The van der Waals surface area contributed by atoms with Gasteiger partial charge >= 0.3 is 6.18 Å². The standard InChI is InChI=1S/C11H18F3NO2/c1-8-2-4-10(17,5-3-8)7-15-9(16)6-11(12,13)14/h8,17H,2-7H2,1H3,(H,15,16). The van der Waals surface area contributed by atoms with Crippen LogP contribution in [0.5, 0.6) is 0 Å². The van der Waals surface area contributed by atoms with Crippen LogP contribution in [0.25, 0.3) is 0 Å². The average Bonchev–Trinajstić information content (AvgIpc) is 2.18. The van der Waals surface area contributed by atoms with Crippen LogP contribution >= 0.6 is 0 Å². The molecule has 0 bridgehead atoms. The molecule has 3 nitrogen and oxygen atoms in total. The van der Waals surface area contributed by atoms with Gasteiger partial charge in [0.1, 0.15) is 6.42 Å². The molecule has 0 heterocycles. The van der Waals surface area contributed by atoms with Crippen molar-refractivity contribution < 1.29 is 23.1 Å². The molecule has 100 valence electrons. The second-order valence-electron chi connectivity index (χ2n) is 4.98. The van der Waals surface area contributed by atoms with Gasteiger partial charge in [0.25, 0.3) is 0 Å². The number of alkyl halides is 3. The Kier molecular flexibility index (Phi) is 4.41. The highest BCUT2D eigenvalue weighted by atomic mass is 19.4. The number of halogens is 3. The molecule has 0 unspecified atom stereocenters. The summed E-state index contributed by atoms with van der Waals surface area (Å²) in [6, 6.07) is 0. The van der Waals surface area contributed by atoms with Crippen molar-refractivity contribution in [2.45, 2.75) is 50.8 Å². The van der Waals surface area contributed by atoms with Gasteiger partial charge in [-0.3, -0.25) is 4.79 Å². The predicted molar refractivity (Wildman–Crippen MR) is 56.3 cm³/mol. The van der Waals surface area contributed by atoms with Crippen LogP contribution in [0.4, 0.5) is 13.2 Å². The van der Waals surface area contributed by atoms with Crippen molar-refractivity contribution in [1.82, 2.24) is 5.32 Å². The lowest BCUT2D eigenvalue weighted by Crippen LogP contribution is -2.45. The first-order chi connectivity index (χ1) is 7.70. The largest absolute Gasteiger partial charge is 0.397 e. The Labute approximate surface area is 98.4 Å². The van der Waals surface area contributed by atoms with Crippen molar-refractivity contribution >= 4 is 5.91 Å². The fraction of sp³-hybridized carbons (Fsp3) is 0.909. The molecule has 1 rings (SSSR count). The second-order valence-corrected chi connectivity index (χ2v) is 4.98. The SMILES string of the molecule is CC1CCC(O)(CNC(=O)CC(F)(F)F)CC1. The van der Waals surface area contributed by atoms with Gasteiger partial charge in [0.05, 0.1) is 5.60 Å².